The van der Waals surface area contributed by atoms with Crippen LogP contribution in [0.25, 0.3) is 21.2 Å². The quantitative estimate of drug-likeness (QED) is 0.244. The number of thiophene rings is 1. The van der Waals surface area contributed by atoms with E-state index in [2.05, 4.69) is 16.7 Å². The summed E-state index contributed by atoms with van der Waals surface area (Å²) in [6, 6.07) is 20.2. The molecule has 37 heavy (non-hydrogen) atoms. The number of carbonyl (C=O) groups is 2. The number of benzene rings is 3. The predicted octanol–water partition coefficient (Wildman–Crippen LogP) is 7.21. The molecule has 2 amide bonds. The van der Waals surface area contributed by atoms with Gasteiger partial charge in [-0.2, -0.15) is 0 Å². The maximum Gasteiger partial charge on any atom is 0.407 e. The first-order chi connectivity index (χ1) is 17.6. The Labute approximate surface area is 224 Å². The molecule has 1 aromatic heterocycles. The number of ether oxygens (including phenoxy) is 1. The van der Waals surface area contributed by atoms with E-state index < -0.39 is 11.7 Å². The van der Waals surface area contributed by atoms with Crippen LogP contribution >= 0.6 is 22.9 Å². The fraction of sp³-hybridized carbons (Fsp3) is 0.241. The first kappa shape index (κ1) is 26.6. The zero-order chi connectivity index (χ0) is 26.6. The van der Waals surface area contributed by atoms with Crippen molar-refractivity contribution in [3.8, 4) is 11.1 Å². The van der Waals surface area contributed by atoms with Crippen LogP contribution < -0.4 is 10.6 Å². The van der Waals surface area contributed by atoms with Crippen LogP contribution in [0.15, 0.2) is 66.7 Å². The Morgan fingerprint density at radius 2 is 1.73 bits per heavy atom. The average molecular weight is 539 g/mol. The zero-order valence-corrected chi connectivity index (χ0v) is 22.4. The third-order valence-electron chi connectivity index (χ3n) is 5.41. The Balaban J connectivity index is 1.46. The lowest BCUT2D eigenvalue weighted by molar-refractivity contribution is 0.0526. The second-order valence-electron chi connectivity index (χ2n) is 9.66. The molecule has 0 atom stereocenters. The van der Waals surface area contributed by atoms with Crippen LogP contribution in [-0.2, 0) is 11.2 Å². The molecule has 4 aromatic rings. The number of hydrogen-bond acceptors (Lipinski definition) is 4. The van der Waals surface area contributed by atoms with Gasteiger partial charge in [0.05, 0.1) is 0 Å². The van der Waals surface area contributed by atoms with Crippen LogP contribution in [0.1, 0.15) is 41.6 Å². The van der Waals surface area contributed by atoms with E-state index in [4.69, 9.17) is 16.3 Å². The molecule has 3 aromatic carbocycles. The van der Waals surface area contributed by atoms with Crippen molar-refractivity contribution < 1.29 is 18.7 Å². The molecule has 4 rings (SSSR count). The molecule has 0 saturated heterocycles. The first-order valence-corrected chi connectivity index (χ1v) is 13.1. The van der Waals surface area contributed by atoms with E-state index in [1.54, 1.807) is 44.2 Å². The van der Waals surface area contributed by atoms with Crippen molar-refractivity contribution in [2.24, 2.45) is 0 Å². The summed E-state index contributed by atoms with van der Waals surface area (Å²) < 4.78 is 20.1. The van der Waals surface area contributed by atoms with E-state index >= 15 is 0 Å². The first-order valence-electron chi connectivity index (χ1n) is 11.9. The minimum atomic E-state index is -0.576. The molecule has 0 spiro atoms. The molecule has 0 saturated carbocycles. The molecule has 8 heteroatoms. The summed E-state index contributed by atoms with van der Waals surface area (Å²) in [4.78, 5) is 25.6. The summed E-state index contributed by atoms with van der Waals surface area (Å²) in [5, 5.41) is 6.92. The number of rotatable bonds is 7. The monoisotopic (exact) mass is 538 g/mol. The smallest absolute Gasteiger partial charge is 0.407 e. The normalized spacial score (nSPS) is 11.4. The number of alkyl carbamates (subject to hydrolysis) is 1. The molecule has 0 fully saturated rings. The number of amides is 2. The van der Waals surface area contributed by atoms with Gasteiger partial charge in [0.25, 0.3) is 5.91 Å². The highest BCUT2D eigenvalue weighted by Crippen LogP contribution is 2.36. The molecule has 5 nitrogen and oxygen atoms in total. The minimum Gasteiger partial charge on any atom is -0.444 e. The molecule has 192 valence electrons. The summed E-state index contributed by atoms with van der Waals surface area (Å²) in [6.07, 6.45) is 0.0587. The third kappa shape index (κ3) is 7.31. The van der Waals surface area contributed by atoms with Gasteiger partial charge in [-0.05, 0) is 79.2 Å². The van der Waals surface area contributed by atoms with Crippen LogP contribution in [0.4, 0.5) is 9.18 Å². The van der Waals surface area contributed by atoms with Gasteiger partial charge in [0.1, 0.15) is 11.4 Å². The number of fused-ring (bicyclic) bond motifs is 1. The number of halogens is 2. The average Bonchev–Trinajstić information content (AvgIpc) is 3.22. The maximum absolute atomic E-state index is 13.8. The van der Waals surface area contributed by atoms with E-state index in [9.17, 15) is 14.0 Å². The highest BCUT2D eigenvalue weighted by molar-refractivity contribution is 7.19. The van der Waals surface area contributed by atoms with Crippen LogP contribution in [0.2, 0.25) is 5.02 Å². The summed E-state index contributed by atoms with van der Waals surface area (Å²) in [6.45, 7) is 5.90. The van der Waals surface area contributed by atoms with E-state index in [1.807, 2.05) is 36.4 Å². The lowest BCUT2D eigenvalue weighted by Crippen LogP contribution is -2.37. The molecule has 2 N–H and O–H groups in total. The molecule has 0 aliphatic rings. The Bertz CT molecular complexity index is 1420. The molecule has 0 unspecified atom stereocenters. The van der Waals surface area contributed by atoms with Crippen molar-refractivity contribution in [2.75, 3.05) is 13.1 Å². The van der Waals surface area contributed by atoms with Gasteiger partial charge in [0.2, 0.25) is 0 Å². The van der Waals surface area contributed by atoms with Gasteiger partial charge in [-0.1, -0.05) is 41.9 Å². The van der Waals surface area contributed by atoms with Crippen LogP contribution in [0, 0.1) is 5.82 Å². The van der Waals surface area contributed by atoms with Gasteiger partial charge in [0, 0.05) is 39.7 Å². The van der Waals surface area contributed by atoms with Gasteiger partial charge in [-0.15, -0.1) is 11.3 Å². The van der Waals surface area contributed by atoms with Crippen molar-refractivity contribution in [3.05, 3.63) is 93.6 Å². The topological polar surface area (TPSA) is 67.4 Å². The van der Waals surface area contributed by atoms with Crippen molar-refractivity contribution >= 4 is 45.0 Å². The highest BCUT2D eigenvalue weighted by Gasteiger charge is 2.16. The zero-order valence-electron chi connectivity index (χ0n) is 20.9. The van der Waals surface area contributed by atoms with Crippen molar-refractivity contribution in [1.82, 2.24) is 10.6 Å². The van der Waals surface area contributed by atoms with Gasteiger partial charge in [0.15, 0.2) is 0 Å². The number of nitrogens with one attached hydrogen (secondary N) is 2. The Morgan fingerprint density at radius 3 is 2.49 bits per heavy atom. The Kier molecular flexibility index (Phi) is 8.15. The molecular weight excluding hydrogens is 511 g/mol. The summed E-state index contributed by atoms with van der Waals surface area (Å²) in [5.74, 6) is -0.574. The van der Waals surface area contributed by atoms with Gasteiger partial charge in [-0.25, -0.2) is 9.18 Å². The van der Waals surface area contributed by atoms with Crippen molar-refractivity contribution in [1.29, 1.82) is 0 Å². The fourth-order valence-corrected chi connectivity index (χ4v) is 5.40. The van der Waals surface area contributed by atoms with Crippen LogP contribution in [0.3, 0.4) is 0 Å². The second-order valence-corrected chi connectivity index (χ2v) is 11.2. The van der Waals surface area contributed by atoms with Crippen molar-refractivity contribution in [2.45, 2.75) is 32.8 Å². The Morgan fingerprint density at radius 1 is 0.973 bits per heavy atom. The number of hydrogen-bond donors (Lipinski definition) is 2. The molecular formula is C29H28ClFN2O3S. The van der Waals surface area contributed by atoms with E-state index in [0.29, 0.717) is 17.0 Å². The maximum atomic E-state index is 13.8. The standard InChI is InChI=1S/C29H28ClFN2O3S/c1-29(2,3)36-28(35)33-11-10-32-27(34)21-8-4-6-19(15-21)25-9-5-7-20-16-24(37-26(20)25)14-18-12-22(30)17-23(31)13-18/h4-9,12-13,15-17H,10-11,14H2,1-3H3,(H,32,34)(H,33,35). The SMILES string of the molecule is CC(C)(C)OC(=O)NCCNC(=O)c1cccc(-c2cccc3cc(Cc4cc(F)cc(Cl)c4)sc23)c1. The lowest BCUT2D eigenvalue weighted by atomic mass is 10.0. The van der Waals surface area contributed by atoms with Gasteiger partial charge >= 0.3 is 6.09 Å². The van der Waals surface area contributed by atoms with E-state index in [0.717, 1.165) is 31.7 Å². The van der Waals surface area contributed by atoms with E-state index in [-0.39, 0.29) is 24.8 Å². The molecule has 0 aliphatic carbocycles. The highest BCUT2D eigenvalue weighted by atomic mass is 35.5. The number of carbonyl (C=O) groups excluding carboxylic acids is 2. The summed E-state index contributed by atoms with van der Waals surface area (Å²) >= 11 is 7.67. The Hall–Kier alpha value is -3.42. The van der Waals surface area contributed by atoms with Gasteiger partial charge < -0.3 is 15.4 Å². The summed E-state index contributed by atoms with van der Waals surface area (Å²) in [5.41, 5.74) is 2.71. The van der Waals surface area contributed by atoms with Crippen molar-refractivity contribution in [3.63, 3.8) is 0 Å². The van der Waals surface area contributed by atoms with E-state index in [1.165, 1.54) is 12.1 Å². The second kappa shape index (κ2) is 11.3. The van der Waals surface area contributed by atoms with Crippen LogP contribution in [0.5, 0.6) is 0 Å². The minimum absolute atomic E-state index is 0.227. The van der Waals surface area contributed by atoms with Gasteiger partial charge in [-0.3, -0.25) is 4.79 Å². The summed E-state index contributed by atoms with van der Waals surface area (Å²) in [7, 11) is 0. The molecule has 0 bridgehead atoms. The lowest BCUT2D eigenvalue weighted by Gasteiger charge is -2.19. The fourth-order valence-electron chi connectivity index (χ4n) is 3.93. The molecule has 1 heterocycles. The predicted molar refractivity (Wildman–Crippen MR) is 148 cm³/mol. The largest absolute Gasteiger partial charge is 0.444 e. The molecule has 0 aliphatic heterocycles. The van der Waals surface area contributed by atoms with Crippen LogP contribution in [-0.4, -0.2) is 30.7 Å². The molecule has 0 radical (unpaired) electrons. The third-order valence-corrected chi connectivity index (χ3v) is 6.81.